The Balaban J connectivity index is 2.54. The first kappa shape index (κ1) is 23.1. The smallest absolute Gasteiger partial charge is 0.271 e. The normalized spacial score (nSPS) is 12.2. The van der Waals surface area contributed by atoms with E-state index < -0.39 is 26.9 Å². The van der Waals surface area contributed by atoms with Gasteiger partial charge in [-0.2, -0.15) is 0 Å². The van der Waals surface area contributed by atoms with Gasteiger partial charge < -0.3 is 10.1 Å². The molecule has 0 aliphatic rings. The summed E-state index contributed by atoms with van der Waals surface area (Å²) in [6, 6.07) is 7.83. The molecule has 9 nitrogen and oxygen atoms in total. The van der Waals surface area contributed by atoms with Crippen molar-refractivity contribution in [2.75, 3.05) is 23.0 Å². The van der Waals surface area contributed by atoms with Crippen LogP contribution in [0.15, 0.2) is 36.4 Å². The summed E-state index contributed by atoms with van der Waals surface area (Å²) >= 11 is 0. The monoisotopic (exact) mass is 435 g/mol. The Morgan fingerprint density at radius 2 is 1.87 bits per heavy atom. The first-order chi connectivity index (χ1) is 14.0. The SMILES string of the molecule is CCC(C(=O)Nc1ccc(C)c(C)c1)N(c1cc([N+](=O)[O-])ccc1OC)S(C)(=O)=O. The van der Waals surface area contributed by atoms with Crippen LogP contribution in [-0.2, 0) is 14.8 Å². The summed E-state index contributed by atoms with van der Waals surface area (Å²) < 4.78 is 31.4. The highest BCUT2D eigenvalue weighted by Gasteiger charge is 2.34. The molecule has 0 aliphatic carbocycles. The van der Waals surface area contributed by atoms with Gasteiger partial charge in [0.2, 0.25) is 15.9 Å². The van der Waals surface area contributed by atoms with Crippen LogP contribution in [-0.4, -0.2) is 38.7 Å². The number of methoxy groups -OCH3 is 1. The second-order valence-electron chi connectivity index (χ2n) is 6.88. The van der Waals surface area contributed by atoms with Crippen molar-refractivity contribution in [1.29, 1.82) is 0 Å². The van der Waals surface area contributed by atoms with Crippen molar-refractivity contribution in [3.8, 4) is 5.75 Å². The van der Waals surface area contributed by atoms with Crippen LogP contribution in [0.3, 0.4) is 0 Å². The number of non-ortho nitro benzene ring substituents is 1. The van der Waals surface area contributed by atoms with Gasteiger partial charge in [0.1, 0.15) is 17.5 Å². The second-order valence-corrected chi connectivity index (χ2v) is 8.74. The molecule has 0 fully saturated rings. The molecule has 2 aromatic carbocycles. The topological polar surface area (TPSA) is 119 Å². The molecular formula is C20H25N3O6S. The van der Waals surface area contributed by atoms with Crippen LogP contribution in [0.2, 0.25) is 0 Å². The van der Waals surface area contributed by atoms with Crippen molar-refractivity contribution in [1.82, 2.24) is 0 Å². The molecule has 0 bridgehead atoms. The van der Waals surface area contributed by atoms with Gasteiger partial charge in [0.05, 0.1) is 18.3 Å². The van der Waals surface area contributed by atoms with Crippen molar-refractivity contribution in [2.45, 2.75) is 33.2 Å². The zero-order valence-electron chi connectivity index (χ0n) is 17.5. The molecule has 2 aromatic rings. The first-order valence-corrected chi connectivity index (χ1v) is 11.0. The van der Waals surface area contributed by atoms with Crippen LogP contribution >= 0.6 is 0 Å². The molecule has 1 amide bonds. The largest absolute Gasteiger partial charge is 0.495 e. The van der Waals surface area contributed by atoms with Gasteiger partial charge in [-0.05, 0) is 49.6 Å². The van der Waals surface area contributed by atoms with Crippen molar-refractivity contribution in [3.05, 3.63) is 57.6 Å². The lowest BCUT2D eigenvalue weighted by molar-refractivity contribution is -0.384. The number of aryl methyl sites for hydroxylation is 2. The molecule has 0 heterocycles. The Labute approximate surface area is 175 Å². The lowest BCUT2D eigenvalue weighted by Gasteiger charge is -2.31. The quantitative estimate of drug-likeness (QED) is 0.501. The third-order valence-corrected chi connectivity index (χ3v) is 5.88. The highest BCUT2D eigenvalue weighted by atomic mass is 32.2. The number of nitrogens with one attached hydrogen (secondary N) is 1. The van der Waals surface area contributed by atoms with Crippen molar-refractivity contribution in [3.63, 3.8) is 0 Å². The highest BCUT2D eigenvalue weighted by molar-refractivity contribution is 7.92. The van der Waals surface area contributed by atoms with Crippen molar-refractivity contribution in [2.24, 2.45) is 0 Å². The lowest BCUT2D eigenvalue weighted by Crippen LogP contribution is -2.47. The molecule has 10 heteroatoms. The van der Waals surface area contributed by atoms with Crippen LogP contribution < -0.4 is 14.4 Å². The van der Waals surface area contributed by atoms with E-state index in [-0.39, 0.29) is 23.5 Å². The molecule has 0 spiro atoms. The number of hydrogen-bond acceptors (Lipinski definition) is 6. The Morgan fingerprint density at radius 3 is 2.37 bits per heavy atom. The van der Waals surface area contributed by atoms with E-state index in [0.29, 0.717) is 5.69 Å². The summed E-state index contributed by atoms with van der Waals surface area (Å²) in [5, 5.41) is 14.0. The first-order valence-electron chi connectivity index (χ1n) is 9.19. The third-order valence-electron chi connectivity index (χ3n) is 4.71. The number of benzene rings is 2. The number of carbonyl (C=O) groups is 1. The number of rotatable bonds is 8. The maximum absolute atomic E-state index is 13.0. The summed E-state index contributed by atoms with van der Waals surface area (Å²) in [5.41, 5.74) is 2.17. The van der Waals surface area contributed by atoms with Crippen LogP contribution in [0, 0.1) is 24.0 Å². The Hall–Kier alpha value is -3.14. The zero-order valence-corrected chi connectivity index (χ0v) is 18.3. The molecular weight excluding hydrogens is 410 g/mol. The van der Waals surface area contributed by atoms with Gasteiger partial charge in [-0.1, -0.05) is 13.0 Å². The summed E-state index contributed by atoms with van der Waals surface area (Å²) in [7, 11) is -2.67. The molecule has 1 unspecified atom stereocenters. The van der Waals surface area contributed by atoms with E-state index in [1.807, 2.05) is 19.9 Å². The Morgan fingerprint density at radius 1 is 1.20 bits per heavy atom. The van der Waals surface area contributed by atoms with Crippen LogP contribution in [0.4, 0.5) is 17.1 Å². The number of ether oxygens (including phenoxy) is 1. The van der Waals surface area contributed by atoms with Gasteiger partial charge in [0.25, 0.3) is 5.69 Å². The number of amides is 1. The van der Waals surface area contributed by atoms with E-state index in [9.17, 15) is 23.3 Å². The summed E-state index contributed by atoms with van der Waals surface area (Å²) in [6.45, 7) is 5.50. The van der Waals surface area contributed by atoms with E-state index in [1.165, 1.54) is 19.2 Å². The maximum atomic E-state index is 13.0. The molecule has 162 valence electrons. The predicted molar refractivity (Wildman–Crippen MR) is 116 cm³/mol. The van der Waals surface area contributed by atoms with Crippen LogP contribution in [0.5, 0.6) is 5.75 Å². The number of hydrogen-bond donors (Lipinski definition) is 1. The molecule has 0 saturated heterocycles. The summed E-state index contributed by atoms with van der Waals surface area (Å²) in [6.07, 6.45) is 1.08. The molecule has 2 rings (SSSR count). The fourth-order valence-electron chi connectivity index (χ4n) is 3.04. The van der Waals surface area contributed by atoms with Crippen LogP contribution in [0.25, 0.3) is 0 Å². The van der Waals surface area contributed by atoms with Gasteiger partial charge in [0.15, 0.2) is 0 Å². The lowest BCUT2D eigenvalue weighted by atomic mass is 10.1. The van der Waals surface area contributed by atoms with Gasteiger partial charge in [-0.3, -0.25) is 19.2 Å². The van der Waals surface area contributed by atoms with Crippen LogP contribution in [0.1, 0.15) is 24.5 Å². The second kappa shape index (κ2) is 9.12. The average Bonchev–Trinajstić information content (AvgIpc) is 2.67. The average molecular weight is 436 g/mol. The highest BCUT2D eigenvalue weighted by Crippen LogP contribution is 2.35. The molecule has 0 aromatic heterocycles. The minimum Gasteiger partial charge on any atom is -0.495 e. The number of carbonyl (C=O) groups excluding carboxylic acids is 1. The van der Waals surface area contributed by atoms with E-state index in [1.54, 1.807) is 19.1 Å². The number of anilines is 2. The van der Waals surface area contributed by atoms with Crippen molar-refractivity contribution < 1.29 is 22.9 Å². The number of nitro groups is 1. The Kier molecular flexibility index (Phi) is 7.04. The minimum absolute atomic E-state index is 0.0729. The summed E-state index contributed by atoms with van der Waals surface area (Å²) in [4.78, 5) is 23.6. The van der Waals surface area contributed by atoms with E-state index >= 15 is 0 Å². The molecule has 0 aliphatic heterocycles. The third kappa shape index (κ3) is 5.07. The van der Waals surface area contributed by atoms with E-state index in [2.05, 4.69) is 5.32 Å². The van der Waals surface area contributed by atoms with E-state index in [4.69, 9.17) is 4.74 Å². The maximum Gasteiger partial charge on any atom is 0.271 e. The van der Waals surface area contributed by atoms with Crippen molar-refractivity contribution >= 4 is 33.0 Å². The Bertz CT molecular complexity index is 1070. The minimum atomic E-state index is -3.99. The standard InChI is InChI=1S/C20H25N3O6S/c1-6-17(20(24)21-15-8-7-13(2)14(3)11-15)22(30(5,27)28)18-12-16(23(25)26)9-10-19(18)29-4/h7-12,17H,6H2,1-5H3,(H,21,24). The molecule has 30 heavy (non-hydrogen) atoms. The molecule has 1 N–H and O–H groups in total. The van der Waals surface area contributed by atoms with E-state index in [0.717, 1.165) is 27.8 Å². The molecule has 0 saturated carbocycles. The zero-order chi connectivity index (χ0) is 22.6. The number of sulfonamides is 1. The van der Waals surface area contributed by atoms with Gasteiger partial charge in [-0.15, -0.1) is 0 Å². The summed E-state index contributed by atoms with van der Waals surface area (Å²) in [5.74, 6) is -0.455. The predicted octanol–water partition coefficient (Wildman–Crippen LogP) is 3.40. The number of nitrogens with zero attached hydrogens (tertiary/aromatic N) is 2. The van der Waals surface area contributed by atoms with Gasteiger partial charge in [-0.25, -0.2) is 8.42 Å². The fraction of sp³-hybridized carbons (Fsp3) is 0.350. The van der Waals surface area contributed by atoms with Gasteiger partial charge in [0, 0.05) is 17.8 Å². The number of nitro benzene ring substituents is 1. The molecule has 0 radical (unpaired) electrons. The van der Waals surface area contributed by atoms with Gasteiger partial charge >= 0.3 is 0 Å². The fourth-order valence-corrected chi connectivity index (χ4v) is 4.25. The molecule has 1 atom stereocenters.